The van der Waals surface area contributed by atoms with E-state index >= 15 is 0 Å². The molecule has 69 heavy (non-hydrogen) atoms. The van der Waals surface area contributed by atoms with Gasteiger partial charge in [0.05, 0.1) is 88.0 Å². The van der Waals surface area contributed by atoms with Gasteiger partial charge in [0.1, 0.15) is 0 Å². The minimum Gasteiger partial charge on any atom is -0.870 e. The summed E-state index contributed by atoms with van der Waals surface area (Å²) in [6.45, 7) is 10.7. The monoisotopic (exact) mass is 987 g/mol. The van der Waals surface area contributed by atoms with Crippen LogP contribution in [-0.2, 0) is 85.5 Å². The molecule has 0 aromatic carbocycles. The summed E-state index contributed by atoms with van der Waals surface area (Å²) in [6, 6.07) is 0. The first-order valence-corrected chi connectivity index (χ1v) is 21.1. The SMILES string of the molecule is C1CCOC1.COB(OC)OC.COC(=O)[C@@H]1C[C@@]1(C)C(=O)O.COC(=O)[C@@H]1C[C@@]1(C)C(=O)OC.COC(=O)[C@@H]1C[C@@]1(C)CO.COC(=O)[C@]1(C)C[C@H]1C(=O)O.COC(=O)[C@]1(C)C[C@H]1CO.[B].[Li+].[OH-]. The van der Waals surface area contributed by atoms with Gasteiger partial charge in [-0.3, -0.25) is 38.4 Å². The Hall–Kier alpha value is -3.79. The summed E-state index contributed by atoms with van der Waals surface area (Å²) >= 11 is 0. The number of hydrogen-bond donors (Lipinski definition) is 4. The molecule has 1 heterocycles. The number of hydrogen-bond acceptors (Lipinski definition) is 21. The van der Waals surface area contributed by atoms with E-state index < -0.39 is 59.3 Å². The Balaban J connectivity index is -0.000000359. The molecule has 0 spiro atoms. The van der Waals surface area contributed by atoms with E-state index in [1.54, 1.807) is 20.8 Å². The standard InChI is InChI=1S/C8H12O4.2C7H10O4.2C7H12O3.C4H8O.C3H9BO3.B.Li.H2O/c1-8(7(10)12-3)4-5(8)6(9)11-2;1-7(6(9)10)3-4(7)5(8)11-2;1-7(6(10)11-2)3-4(7)5(8)9;1-7(4-8)3-5(7)6(9)10-2;1-7(6(9)10-2)3-5(7)4-8;1-2-4-5-3-1;1-5-4(6-2)7-3;;;/h5H,4H2,1-3H3;4H,3H2,1-2H3,(H,9,10);4H,3H2,1-2H3,(H,8,9);2*5,8H,3-4H2,1-2H3;1-4H2;1-3H3;;;1H2/q;;;;;;;;+1;/p-1/t5-,8+;2*4-,7+;5-,7-;5-,7+;;;;;/m00000...../s1. The van der Waals surface area contributed by atoms with Crippen molar-refractivity contribution in [2.45, 2.75) is 79.6 Å². The number of methoxy groups -OCH3 is 6. The van der Waals surface area contributed by atoms with Crippen molar-refractivity contribution >= 4 is 63.5 Å². The molecule has 5 aliphatic carbocycles. The van der Waals surface area contributed by atoms with E-state index in [-0.39, 0.29) is 98.4 Å². The van der Waals surface area contributed by atoms with Crippen LogP contribution in [-0.4, -0.2) is 180 Å². The molecule has 0 aromatic rings. The summed E-state index contributed by atoms with van der Waals surface area (Å²) in [6.07, 6.45) is 5.41. The van der Waals surface area contributed by atoms with Gasteiger partial charge in [0, 0.05) is 61.6 Å². The average Bonchev–Trinajstić information content (AvgIpc) is 4.24. The van der Waals surface area contributed by atoms with Gasteiger partial charge in [-0.15, -0.1) is 0 Å². The molecular formula is C43H74B2LiO23. The van der Waals surface area contributed by atoms with Crippen molar-refractivity contribution in [3.63, 3.8) is 0 Å². The molecule has 6 aliphatic rings. The van der Waals surface area contributed by atoms with Crippen molar-refractivity contribution in [2.75, 3.05) is 90.4 Å². The molecule has 1 saturated heterocycles. The zero-order valence-electron chi connectivity index (χ0n) is 42.9. The molecule has 23 nitrogen and oxygen atoms in total. The number of carbonyl (C=O) groups excluding carboxylic acids is 6. The number of carboxylic acids is 2. The van der Waals surface area contributed by atoms with Crippen molar-refractivity contribution in [2.24, 2.45) is 56.7 Å². The summed E-state index contributed by atoms with van der Waals surface area (Å²) in [4.78, 5) is 86.5. The first-order valence-electron chi connectivity index (χ1n) is 21.1. The first kappa shape index (κ1) is 71.8. The maximum Gasteiger partial charge on any atom is 1.00 e. The van der Waals surface area contributed by atoms with E-state index in [2.05, 4.69) is 42.4 Å². The normalized spacial score (nSPS) is 30.1. The van der Waals surface area contributed by atoms with Crippen LogP contribution in [0.4, 0.5) is 0 Å². The van der Waals surface area contributed by atoms with Crippen LogP contribution in [0.15, 0.2) is 0 Å². The molecule has 0 aromatic heterocycles. The van der Waals surface area contributed by atoms with Crippen LogP contribution in [0, 0.1) is 56.7 Å². The Labute approximate surface area is 419 Å². The van der Waals surface area contributed by atoms with Crippen LogP contribution in [0.25, 0.3) is 0 Å². The Morgan fingerprint density at radius 3 is 1.10 bits per heavy atom. The minimum absolute atomic E-state index is 0. The Morgan fingerprint density at radius 1 is 0.522 bits per heavy atom. The second-order valence-corrected chi connectivity index (χ2v) is 17.6. The minimum atomic E-state index is -0.923. The van der Waals surface area contributed by atoms with Gasteiger partial charge in [-0.25, -0.2) is 0 Å². The van der Waals surface area contributed by atoms with Gasteiger partial charge in [-0.05, 0) is 78.6 Å². The fraction of sp³-hybridized carbons (Fsp3) is 0.814. The van der Waals surface area contributed by atoms with Crippen LogP contribution < -0.4 is 18.9 Å². The molecule has 6 rings (SSSR count). The molecule has 3 radical (unpaired) electrons. The summed E-state index contributed by atoms with van der Waals surface area (Å²) in [5.41, 5.74) is -2.84. The number of esters is 6. The van der Waals surface area contributed by atoms with Gasteiger partial charge in [0.2, 0.25) is 0 Å². The fourth-order valence-electron chi connectivity index (χ4n) is 6.67. The third kappa shape index (κ3) is 20.8. The van der Waals surface area contributed by atoms with Crippen molar-refractivity contribution in [3.05, 3.63) is 0 Å². The molecule has 6 fully saturated rings. The molecular weight excluding hydrogens is 913 g/mol. The molecule has 0 unspecified atom stereocenters. The summed E-state index contributed by atoms with van der Waals surface area (Å²) in [7, 11) is 11.9. The Bertz CT molecular complexity index is 1640. The van der Waals surface area contributed by atoms with E-state index in [0.29, 0.717) is 19.3 Å². The third-order valence-corrected chi connectivity index (χ3v) is 12.7. The largest absolute Gasteiger partial charge is 1.00 e. The number of carboxylic acid groups (broad SMARTS) is 2. The topological polar surface area (TPSA) is 340 Å². The van der Waals surface area contributed by atoms with Crippen LogP contribution in [0.3, 0.4) is 0 Å². The summed E-state index contributed by atoms with van der Waals surface area (Å²) in [5, 5.41) is 34.6. The first-order chi connectivity index (χ1) is 30.7. The van der Waals surface area contributed by atoms with Gasteiger partial charge in [-0.2, -0.15) is 0 Å². The maximum absolute atomic E-state index is 11.1. The molecule has 1 aliphatic heterocycles. The van der Waals surface area contributed by atoms with E-state index in [1.807, 2.05) is 13.8 Å². The zero-order valence-corrected chi connectivity index (χ0v) is 42.9. The second kappa shape index (κ2) is 32.2. The van der Waals surface area contributed by atoms with E-state index in [0.717, 1.165) is 26.1 Å². The van der Waals surface area contributed by atoms with E-state index in [1.165, 1.54) is 76.8 Å². The average molecular weight is 988 g/mol. The van der Waals surface area contributed by atoms with E-state index in [9.17, 15) is 38.4 Å². The molecule has 26 heteroatoms. The smallest absolute Gasteiger partial charge is 0.870 e. The van der Waals surface area contributed by atoms with Crippen LogP contribution >= 0.6 is 0 Å². The van der Waals surface area contributed by atoms with Gasteiger partial charge < -0.3 is 73.0 Å². The van der Waals surface area contributed by atoms with Crippen molar-refractivity contribution in [1.29, 1.82) is 0 Å². The molecule has 5 N–H and O–H groups in total. The number of aliphatic hydroxyl groups excluding tert-OH is 2. The van der Waals surface area contributed by atoms with Crippen molar-refractivity contribution in [3.8, 4) is 0 Å². The predicted molar refractivity (Wildman–Crippen MR) is 237 cm³/mol. The number of rotatable bonds is 13. The Kier molecular flexibility index (Phi) is 33.5. The van der Waals surface area contributed by atoms with Gasteiger partial charge in [-0.1, -0.05) is 6.92 Å². The van der Waals surface area contributed by atoms with Gasteiger partial charge in [0.25, 0.3) is 0 Å². The summed E-state index contributed by atoms with van der Waals surface area (Å²) in [5.74, 6) is -4.99. The predicted octanol–water partition coefficient (Wildman–Crippen LogP) is -1.59. The second-order valence-electron chi connectivity index (χ2n) is 17.6. The molecule has 10 atom stereocenters. The van der Waals surface area contributed by atoms with Crippen LogP contribution in [0.5, 0.6) is 0 Å². The quantitative estimate of drug-likeness (QED) is 0.0918. The molecule has 5 saturated carbocycles. The third-order valence-electron chi connectivity index (χ3n) is 12.7. The summed E-state index contributed by atoms with van der Waals surface area (Å²) < 4.78 is 45.8. The van der Waals surface area contributed by atoms with Crippen LogP contribution in [0.1, 0.15) is 79.6 Å². The number of aliphatic hydroxyl groups is 2. The number of carbonyl (C=O) groups is 8. The molecule has 0 amide bonds. The fourth-order valence-corrected chi connectivity index (χ4v) is 6.67. The maximum atomic E-state index is 11.1. The molecule has 391 valence electrons. The number of aliphatic carboxylic acids is 2. The van der Waals surface area contributed by atoms with Gasteiger partial charge in [0.15, 0.2) is 0 Å². The van der Waals surface area contributed by atoms with Gasteiger partial charge >= 0.3 is 73.9 Å². The van der Waals surface area contributed by atoms with Crippen LogP contribution in [0.2, 0.25) is 0 Å². The zero-order chi connectivity index (χ0) is 51.4. The van der Waals surface area contributed by atoms with E-state index in [4.69, 9.17) is 25.2 Å². The molecule has 0 bridgehead atoms. The number of ether oxygens (including phenoxy) is 7. The van der Waals surface area contributed by atoms with Crippen molar-refractivity contribution in [1.82, 2.24) is 0 Å². The Morgan fingerprint density at radius 2 is 0.870 bits per heavy atom. The van der Waals surface area contributed by atoms with Crippen molar-refractivity contribution < 1.29 is 130 Å².